The third kappa shape index (κ3) is 2.58. The zero-order valence-electron chi connectivity index (χ0n) is 10.6. The summed E-state index contributed by atoms with van der Waals surface area (Å²) in [6.07, 6.45) is 1.13. The normalized spacial score (nSPS) is 22.6. The van der Waals surface area contributed by atoms with Crippen molar-refractivity contribution in [2.24, 2.45) is 0 Å². The fourth-order valence-electron chi connectivity index (χ4n) is 2.47. The summed E-state index contributed by atoms with van der Waals surface area (Å²) < 4.78 is 0. The Hall–Kier alpha value is -1.57. The standard InChI is InChI=1S/C14H15ClN2O2/c1-2-3-12-13(18)7-14(19)17(12)10-5-4-9(8-16)11(15)6-10/h4-6,12-13,18H,2-3,7H2,1H3/t12-,13-/m0/s1. The SMILES string of the molecule is CCC[C@H]1[C@@H](O)CC(=O)N1c1ccc(C#N)c(Cl)c1. The van der Waals surface area contributed by atoms with Gasteiger partial charge in [-0.05, 0) is 24.6 Å². The van der Waals surface area contributed by atoms with E-state index in [9.17, 15) is 9.90 Å². The maximum Gasteiger partial charge on any atom is 0.230 e. The number of rotatable bonds is 3. The van der Waals surface area contributed by atoms with Crippen LogP contribution in [0.1, 0.15) is 31.7 Å². The minimum Gasteiger partial charge on any atom is -0.390 e. The van der Waals surface area contributed by atoms with E-state index in [1.54, 1.807) is 23.1 Å². The first-order valence-electron chi connectivity index (χ1n) is 6.28. The minimum atomic E-state index is -0.637. The van der Waals surface area contributed by atoms with Gasteiger partial charge in [-0.2, -0.15) is 5.26 Å². The number of hydrogen-bond donors (Lipinski definition) is 1. The first-order valence-corrected chi connectivity index (χ1v) is 6.66. The van der Waals surface area contributed by atoms with Crippen LogP contribution in [0.15, 0.2) is 18.2 Å². The van der Waals surface area contributed by atoms with Gasteiger partial charge in [0.2, 0.25) is 5.91 Å². The maximum absolute atomic E-state index is 12.0. The second-order valence-electron chi connectivity index (χ2n) is 4.67. The number of aliphatic hydroxyl groups is 1. The lowest BCUT2D eigenvalue weighted by molar-refractivity contribution is -0.117. The van der Waals surface area contributed by atoms with Crippen LogP contribution < -0.4 is 4.90 Å². The molecule has 100 valence electrons. The summed E-state index contributed by atoms with van der Waals surface area (Å²) in [5, 5.41) is 19.1. The highest BCUT2D eigenvalue weighted by molar-refractivity contribution is 6.32. The van der Waals surface area contributed by atoms with E-state index >= 15 is 0 Å². The molecule has 1 fully saturated rings. The predicted molar refractivity (Wildman–Crippen MR) is 73.0 cm³/mol. The van der Waals surface area contributed by atoms with E-state index in [2.05, 4.69) is 0 Å². The summed E-state index contributed by atoms with van der Waals surface area (Å²) in [4.78, 5) is 13.6. The number of carbonyl (C=O) groups is 1. The van der Waals surface area contributed by atoms with Crippen molar-refractivity contribution in [2.45, 2.75) is 38.3 Å². The first kappa shape index (κ1) is 13.9. The summed E-state index contributed by atoms with van der Waals surface area (Å²) >= 11 is 5.99. The fraction of sp³-hybridized carbons (Fsp3) is 0.429. The Morgan fingerprint density at radius 3 is 2.89 bits per heavy atom. The predicted octanol–water partition coefficient (Wildman–Crippen LogP) is 2.48. The Labute approximate surface area is 117 Å². The molecule has 0 unspecified atom stereocenters. The molecule has 19 heavy (non-hydrogen) atoms. The number of halogens is 1. The lowest BCUT2D eigenvalue weighted by Gasteiger charge is -2.26. The number of aliphatic hydroxyl groups excluding tert-OH is 1. The maximum atomic E-state index is 12.0. The van der Waals surface area contributed by atoms with Gasteiger partial charge in [0.05, 0.1) is 29.2 Å². The van der Waals surface area contributed by atoms with Gasteiger partial charge >= 0.3 is 0 Å². The molecule has 1 aliphatic heterocycles. The molecule has 1 aliphatic rings. The van der Waals surface area contributed by atoms with Gasteiger partial charge in [0.1, 0.15) is 6.07 Å². The monoisotopic (exact) mass is 278 g/mol. The molecule has 0 bridgehead atoms. The third-order valence-electron chi connectivity index (χ3n) is 3.36. The Morgan fingerprint density at radius 2 is 2.32 bits per heavy atom. The van der Waals surface area contributed by atoms with Gasteiger partial charge in [-0.15, -0.1) is 0 Å². The van der Waals surface area contributed by atoms with Crippen LogP contribution in [-0.4, -0.2) is 23.2 Å². The lowest BCUT2D eigenvalue weighted by Crippen LogP contribution is -2.37. The highest BCUT2D eigenvalue weighted by Crippen LogP contribution is 2.32. The molecule has 1 aromatic carbocycles. The van der Waals surface area contributed by atoms with Crippen LogP contribution in [0.2, 0.25) is 5.02 Å². The van der Waals surface area contributed by atoms with Gasteiger partial charge in [0.15, 0.2) is 0 Å². The topological polar surface area (TPSA) is 64.3 Å². The second-order valence-corrected chi connectivity index (χ2v) is 5.07. The summed E-state index contributed by atoms with van der Waals surface area (Å²) in [7, 11) is 0. The number of carbonyl (C=O) groups excluding carboxylic acids is 1. The van der Waals surface area contributed by atoms with Crippen molar-refractivity contribution in [1.29, 1.82) is 5.26 Å². The Balaban J connectivity index is 2.36. The molecule has 4 nitrogen and oxygen atoms in total. The number of hydrogen-bond acceptors (Lipinski definition) is 3. The van der Waals surface area contributed by atoms with Gasteiger partial charge in [0, 0.05) is 5.69 Å². The summed E-state index contributed by atoms with van der Waals surface area (Å²) in [6.45, 7) is 2.01. The smallest absolute Gasteiger partial charge is 0.230 e. The van der Waals surface area contributed by atoms with Crippen LogP contribution in [0.3, 0.4) is 0 Å². The van der Waals surface area contributed by atoms with Crippen molar-refractivity contribution in [1.82, 2.24) is 0 Å². The van der Waals surface area contributed by atoms with Crippen LogP contribution in [-0.2, 0) is 4.79 Å². The van der Waals surface area contributed by atoms with Crippen LogP contribution in [0.25, 0.3) is 0 Å². The van der Waals surface area contributed by atoms with E-state index in [-0.39, 0.29) is 18.4 Å². The van der Waals surface area contributed by atoms with E-state index in [1.807, 2.05) is 13.0 Å². The quantitative estimate of drug-likeness (QED) is 0.924. The zero-order valence-corrected chi connectivity index (χ0v) is 11.4. The third-order valence-corrected chi connectivity index (χ3v) is 3.68. The van der Waals surface area contributed by atoms with E-state index in [1.165, 1.54) is 0 Å². The molecule has 0 aromatic heterocycles. The molecule has 1 saturated heterocycles. The molecule has 2 rings (SSSR count). The summed E-state index contributed by atoms with van der Waals surface area (Å²) in [5.41, 5.74) is 1.02. The average molecular weight is 279 g/mol. The molecule has 1 aromatic rings. The number of anilines is 1. The van der Waals surface area contributed by atoms with E-state index in [4.69, 9.17) is 16.9 Å². The largest absolute Gasteiger partial charge is 0.390 e. The molecule has 0 spiro atoms. The molecular formula is C14H15ClN2O2. The second kappa shape index (κ2) is 5.60. The highest BCUT2D eigenvalue weighted by atomic mass is 35.5. The lowest BCUT2D eigenvalue weighted by atomic mass is 10.1. The van der Waals surface area contributed by atoms with Crippen molar-refractivity contribution in [3.63, 3.8) is 0 Å². The molecule has 1 heterocycles. The average Bonchev–Trinajstić information content (AvgIpc) is 2.65. The van der Waals surface area contributed by atoms with Gasteiger partial charge < -0.3 is 10.0 Å². The highest BCUT2D eigenvalue weighted by Gasteiger charge is 2.38. The minimum absolute atomic E-state index is 0.105. The van der Waals surface area contributed by atoms with E-state index in [0.29, 0.717) is 16.3 Å². The number of nitrogens with zero attached hydrogens (tertiary/aromatic N) is 2. The molecule has 1 amide bonds. The first-order chi connectivity index (χ1) is 9.08. The Kier molecular flexibility index (Phi) is 4.08. The van der Waals surface area contributed by atoms with Gasteiger partial charge in [0.25, 0.3) is 0 Å². The number of amides is 1. The molecule has 0 aliphatic carbocycles. The molecule has 2 atom stereocenters. The number of nitriles is 1. The Bertz CT molecular complexity index is 539. The number of benzene rings is 1. The van der Waals surface area contributed by atoms with Crippen molar-refractivity contribution in [2.75, 3.05) is 4.90 Å². The molecule has 1 N–H and O–H groups in total. The van der Waals surface area contributed by atoms with Crippen molar-refractivity contribution in [3.05, 3.63) is 28.8 Å². The van der Waals surface area contributed by atoms with Crippen LogP contribution in [0.5, 0.6) is 0 Å². The summed E-state index contributed by atoms with van der Waals surface area (Å²) in [5.74, 6) is -0.105. The summed E-state index contributed by atoms with van der Waals surface area (Å²) in [6, 6.07) is 6.68. The zero-order chi connectivity index (χ0) is 14.0. The van der Waals surface area contributed by atoms with E-state index < -0.39 is 6.10 Å². The van der Waals surface area contributed by atoms with Gasteiger partial charge in [-0.25, -0.2) is 0 Å². The Morgan fingerprint density at radius 1 is 1.58 bits per heavy atom. The molecular weight excluding hydrogens is 264 g/mol. The van der Waals surface area contributed by atoms with Gasteiger partial charge in [-0.3, -0.25) is 4.79 Å². The van der Waals surface area contributed by atoms with Crippen LogP contribution in [0, 0.1) is 11.3 Å². The van der Waals surface area contributed by atoms with E-state index in [0.717, 1.165) is 12.8 Å². The van der Waals surface area contributed by atoms with Crippen LogP contribution >= 0.6 is 11.6 Å². The van der Waals surface area contributed by atoms with Crippen molar-refractivity contribution in [3.8, 4) is 6.07 Å². The molecule has 5 heteroatoms. The van der Waals surface area contributed by atoms with Crippen LogP contribution in [0.4, 0.5) is 5.69 Å². The fourth-order valence-corrected chi connectivity index (χ4v) is 2.68. The van der Waals surface area contributed by atoms with Crippen molar-refractivity contribution < 1.29 is 9.90 Å². The molecule has 0 saturated carbocycles. The van der Waals surface area contributed by atoms with Gasteiger partial charge in [-0.1, -0.05) is 24.9 Å². The van der Waals surface area contributed by atoms with Crippen molar-refractivity contribution >= 4 is 23.2 Å². The molecule has 0 radical (unpaired) electrons.